The lowest BCUT2D eigenvalue weighted by molar-refractivity contribution is 0.0203. The summed E-state index contributed by atoms with van der Waals surface area (Å²) in [5.41, 5.74) is 7.90. The van der Waals surface area contributed by atoms with Gasteiger partial charge in [-0.25, -0.2) is 14.3 Å². The van der Waals surface area contributed by atoms with E-state index in [1.165, 1.54) is 12.5 Å². The Kier molecular flexibility index (Phi) is 4.36. The molecule has 8 nitrogen and oxygen atoms in total. The van der Waals surface area contributed by atoms with Crippen molar-refractivity contribution in [2.75, 3.05) is 18.8 Å². The van der Waals surface area contributed by atoms with E-state index in [1.54, 1.807) is 9.42 Å². The number of hydrogen-bond donors (Lipinski definition) is 2. The van der Waals surface area contributed by atoms with Crippen molar-refractivity contribution in [1.29, 1.82) is 5.41 Å². The maximum Gasteiger partial charge on any atom is 0.410 e. The molecular weight excluding hydrogens is 320 g/mol. The monoisotopic (exact) mass is 344 g/mol. The van der Waals surface area contributed by atoms with E-state index in [0.29, 0.717) is 24.4 Å². The lowest BCUT2D eigenvalue weighted by Gasteiger charge is -2.33. The smallest absolute Gasteiger partial charge is 0.410 e. The fourth-order valence-electron chi connectivity index (χ4n) is 3.23. The van der Waals surface area contributed by atoms with Crippen LogP contribution in [-0.2, 0) is 4.74 Å². The van der Waals surface area contributed by atoms with Crippen LogP contribution in [0.5, 0.6) is 0 Å². The number of hydrogen-bond acceptors (Lipinski definition) is 6. The van der Waals surface area contributed by atoms with Crippen molar-refractivity contribution < 1.29 is 9.53 Å². The Labute approximate surface area is 146 Å². The van der Waals surface area contributed by atoms with Gasteiger partial charge in [-0.1, -0.05) is 0 Å². The number of rotatable bonds is 2. The highest BCUT2D eigenvalue weighted by Gasteiger charge is 2.30. The number of carbonyl (C=O) groups is 1. The van der Waals surface area contributed by atoms with Gasteiger partial charge in [0.15, 0.2) is 5.82 Å². The fourth-order valence-corrected chi connectivity index (χ4v) is 3.23. The number of fused-ring (bicyclic) bond motifs is 1. The van der Waals surface area contributed by atoms with Crippen molar-refractivity contribution in [3.63, 3.8) is 0 Å². The zero-order valence-corrected chi connectivity index (χ0v) is 14.8. The summed E-state index contributed by atoms with van der Waals surface area (Å²) in [5, 5.41) is 12.0. The van der Waals surface area contributed by atoms with Crippen LogP contribution >= 0.6 is 0 Å². The average molecular weight is 344 g/mol. The molecule has 25 heavy (non-hydrogen) atoms. The summed E-state index contributed by atoms with van der Waals surface area (Å²) in [5.74, 6) is 0.600. The Hall–Kier alpha value is -2.64. The van der Waals surface area contributed by atoms with E-state index < -0.39 is 5.60 Å². The van der Waals surface area contributed by atoms with Crippen LogP contribution < -0.4 is 5.73 Å². The van der Waals surface area contributed by atoms with E-state index in [0.717, 1.165) is 24.1 Å². The molecule has 3 heterocycles. The van der Waals surface area contributed by atoms with Gasteiger partial charge in [-0.2, -0.15) is 5.10 Å². The second kappa shape index (κ2) is 6.34. The molecule has 2 aromatic heterocycles. The number of carbonyl (C=O) groups excluding carboxylic acids is 1. The quantitative estimate of drug-likeness (QED) is 0.813. The maximum absolute atomic E-state index is 12.2. The molecule has 8 heteroatoms. The summed E-state index contributed by atoms with van der Waals surface area (Å²) in [6, 6.07) is 1.85. The number of aromatic nitrogens is 3. The Morgan fingerprint density at radius 1 is 1.40 bits per heavy atom. The molecule has 0 aliphatic carbocycles. The molecule has 2 aromatic rings. The summed E-state index contributed by atoms with van der Waals surface area (Å²) in [7, 11) is 0. The number of ether oxygens (including phenoxy) is 1. The first kappa shape index (κ1) is 17.2. The van der Waals surface area contributed by atoms with Crippen LogP contribution in [0.4, 0.5) is 10.6 Å². The third kappa shape index (κ3) is 3.42. The molecule has 0 aromatic carbocycles. The van der Waals surface area contributed by atoms with E-state index in [2.05, 4.69) is 10.1 Å². The molecular formula is C17H24N6O2. The number of piperidine rings is 1. The third-order valence-corrected chi connectivity index (χ3v) is 4.36. The molecule has 1 fully saturated rings. The minimum atomic E-state index is -0.493. The Morgan fingerprint density at radius 2 is 2.08 bits per heavy atom. The third-order valence-electron chi connectivity index (χ3n) is 4.36. The molecule has 1 saturated heterocycles. The number of nitrogens with one attached hydrogen (secondary N) is 1. The molecule has 3 N–H and O–H groups in total. The molecule has 134 valence electrons. The number of likely N-dealkylation sites (tertiary alicyclic amines) is 1. The summed E-state index contributed by atoms with van der Waals surface area (Å²) < 4.78 is 7.22. The van der Waals surface area contributed by atoms with Gasteiger partial charge in [0.05, 0.1) is 5.69 Å². The SMILES string of the molecule is CC(C)(C)OC(=O)N1CCC(c2c(C=N)cc3c(N)ncnn23)CC1. The Balaban J connectivity index is 1.80. The van der Waals surface area contributed by atoms with Gasteiger partial charge in [-0.05, 0) is 39.7 Å². The zero-order valence-electron chi connectivity index (χ0n) is 14.8. The standard InChI is InChI=1S/C17H24N6O2/c1-17(2,3)25-16(24)22-6-4-11(5-7-22)14-12(9-18)8-13-15(19)20-10-21-23(13)14/h8-11,18H,4-7H2,1-3H3,(H2,19,20,21). The molecule has 1 amide bonds. The maximum atomic E-state index is 12.2. The Bertz CT molecular complexity index is 799. The van der Waals surface area contributed by atoms with Crippen LogP contribution in [-0.4, -0.2) is 50.5 Å². The van der Waals surface area contributed by atoms with Crippen LogP contribution in [0.3, 0.4) is 0 Å². The topological polar surface area (TPSA) is 110 Å². The van der Waals surface area contributed by atoms with Gasteiger partial charge < -0.3 is 20.8 Å². The average Bonchev–Trinajstić information content (AvgIpc) is 2.93. The summed E-state index contributed by atoms with van der Waals surface area (Å²) in [6.45, 7) is 6.83. The molecule has 0 saturated carbocycles. The van der Waals surface area contributed by atoms with Gasteiger partial charge in [0.1, 0.15) is 17.4 Å². The number of amides is 1. The second-order valence-corrected chi connectivity index (χ2v) is 7.31. The van der Waals surface area contributed by atoms with Gasteiger partial charge in [-0.15, -0.1) is 0 Å². The van der Waals surface area contributed by atoms with E-state index in [1.807, 2.05) is 26.8 Å². The second-order valence-electron chi connectivity index (χ2n) is 7.31. The van der Waals surface area contributed by atoms with Crippen molar-refractivity contribution in [3.8, 4) is 0 Å². The van der Waals surface area contributed by atoms with Crippen molar-refractivity contribution in [2.45, 2.75) is 45.1 Å². The highest BCUT2D eigenvalue weighted by molar-refractivity contribution is 5.85. The first-order chi connectivity index (χ1) is 11.8. The molecule has 1 aliphatic rings. The highest BCUT2D eigenvalue weighted by atomic mass is 16.6. The predicted octanol–water partition coefficient (Wildman–Crippen LogP) is 2.42. The van der Waals surface area contributed by atoms with E-state index in [-0.39, 0.29) is 12.0 Å². The van der Waals surface area contributed by atoms with Crippen molar-refractivity contribution >= 4 is 23.6 Å². The molecule has 0 spiro atoms. The minimum absolute atomic E-state index is 0.201. The van der Waals surface area contributed by atoms with Crippen LogP contribution in [0.25, 0.3) is 5.52 Å². The highest BCUT2D eigenvalue weighted by Crippen LogP contribution is 2.32. The summed E-state index contributed by atoms with van der Waals surface area (Å²) in [4.78, 5) is 18.0. The number of nitrogens with two attached hydrogens (primary N) is 1. The summed E-state index contributed by atoms with van der Waals surface area (Å²) in [6.07, 6.45) is 4.05. The normalized spacial score (nSPS) is 16.2. The van der Waals surface area contributed by atoms with Gasteiger partial charge in [-0.3, -0.25) is 0 Å². The van der Waals surface area contributed by atoms with Crippen LogP contribution in [0.1, 0.15) is 50.8 Å². The van der Waals surface area contributed by atoms with Gasteiger partial charge in [0, 0.05) is 30.8 Å². The van der Waals surface area contributed by atoms with Gasteiger partial charge in [0.2, 0.25) is 0 Å². The van der Waals surface area contributed by atoms with Crippen LogP contribution in [0.15, 0.2) is 12.4 Å². The van der Waals surface area contributed by atoms with Gasteiger partial charge in [0.25, 0.3) is 0 Å². The van der Waals surface area contributed by atoms with Crippen molar-refractivity contribution in [2.24, 2.45) is 0 Å². The first-order valence-electron chi connectivity index (χ1n) is 8.40. The van der Waals surface area contributed by atoms with Crippen LogP contribution in [0, 0.1) is 5.41 Å². The number of nitrogen functional groups attached to an aromatic ring is 1. The van der Waals surface area contributed by atoms with E-state index in [4.69, 9.17) is 15.9 Å². The van der Waals surface area contributed by atoms with E-state index >= 15 is 0 Å². The van der Waals surface area contributed by atoms with Crippen LogP contribution in [0.2, 0.25) is 0 Å². The molecule has 0 atom stereocenters. The van der Waals surface area contributed by atoms with Crippen molar-refractivity contribution in [3.05, 3.63) is 23.7 Å². The lowest BCUT2D eigenvalue weighted by atomic mass is 9.91. The van der Waals surface area contributed by atoms with Crippen molar-refractivity contribution in [1.82, 2.24) is 19.5 Å². The number of nitrogens with zero attached hydrogens (tertiary/aromatic N) is 4. The number of anilines is 1. The molecule has 3 rings (SSSR count). The fraction of sp³-hybridized carbons (Fsp3) is 0.529. The molecule has 0 bridgehead atoms. The first-order valence-corrected chi connectivity index (χ1v) is 8.40. The predicted molar refractivity (Wildman–Crippen MR) is 95.1 cm³/mol. The van der Waals surface area contributed by atoms with Gasteiger partial charge >= 0.3 is 6.09 Å². The minimum Gasteiger partial charge on any atom is -0.444 e. The molecule has 0 radical (unpaired) electrons. The van der Waals surface area contributed by atoms with E-state index in [9.17, 15) is 4.79 Å². The molecule has 0 unspecified atom stereocenters. The zero-order chi connectivity index (χ0) is 18.2. The lowest BCUT2D eigenvalue weighted by Crippen LogP contribution is -2.41. The molecule has 1 aliphatic heterocycles. The summed E-state index contributed by atoms with van der Waals surface area (Å²) >= 11 is 0. The largest absolute Gasteiger partial charge is 0.444 e. The Morgan fingerprint density at radius 3 is 2.68 bits per heavy atom.